The molecule has 0 saturated heterocycles. The Bertz CT molecular complexity index is 141. The molecule has 1 aliphatic rings. The van der Waals surface area contributed by atoms with E-state index in [1.54, 1.807) is 0 Å². The van der Waals surface area contributed by atoms with E-state index in [1.807, 2.05) is 0 Å². The minimum absolute atomic E-state index is 0.673. The van der Waals surface area contributed by atoms with Crippen LogP contribution in [0.3, 0.4) is 0 Å². The van der Waals surface area contributed by atoms with E-state index in [-0.39, 0.29) is 0 Å². The summed E-state index contributed by atoms with van der Waals surface area (Å²) >= 11 is 0. The van der Waals surface area contributed by atoms with Gasteiger partial charge in [-0.2, -0.15) is 0 Å². The lowest BCUT2D eigenvalue weighted by Gasteiger charge is -2.21. The van der Waals surface area contributed by atoms with Gasteiger partial charge in [0.15, 0.2) is 0 Å². The minimum Gasteiger partial charge on any atom is -0.330 e. The summed E-state index contributed by atoms with van der Waals surface area (Å²) in [5.41, 5.74) is 5.58. The van der Waals surface area contributed by atoms with E-state index in [4.69, 9.17) is 5.73 Å². The maximum Gasteiger partial charge on any atom is -0.00459 e. The van der Waals surface area contributed by atoms with Gasteiger partial charge in [-0.15, -0.1) is 0 Å². The maximum atomic E-state index is 5.58. The molecule has 2 heteroatoms. The smallest absolute Gasteiger partial charge is 0.00459 e. The van der Waals surface area contributed by atoms with Crippen LogP contribution in [-0.4, -0.2) is 19.6 Å². The molecule has 1 atom stereocenters. The molecule has 1 unspecified atom stereocenters. The van der Waals surface area contributed by atoms with Crippen LogP contribution in [0.25, 0.3) is 0 Å². The van der Waals surface area contributed by atoms with Gasteiger partial charge in [0.2, 0.25) is 0 Å². The summed E-state index contributed by atoms with van der Waals surface area (Å²) in [4.78, 5) is 0. The third kappa shape index (κ3) is 6.16. The van der Waals surface area contributed by atoms with Crippen molar-refractivity contribution in [3.8, 4) is 0 Å². The zero-order chi connectivity index (χ0) is 10.9. The molecule has 0 aliphatic heterocycles. The molecule has 1 rings (SSSR count). The Morgan fingerprint density at radius 2 is 1.93 bits per heavy atom. The van der Waals surface area contributed by atoms with Crippen LogP contribution in [0.2, 0.25) is 0 Å². The Morgan fingerprint density at radius 3 is 2.60 bits per heavy atom. The van der Waals surface area contributed by atoms with Crippen LogP contribution in [0, 0.1) is 11.8 Å². The normalized spacial score (nSPS) is 20.4. The first-order chi connectivity index (χ1) is 7.33. The lowest BCUT2D eigenvalue weighted by molar-refractivity contribution is 0.332. The zero-order valence-corrected chi connectivity index (χ0v) is 10.3. The van der Waals surface area contributed by atoms with Crippen LogP contribution in [0.1, 0.15) is 51.9 Å². The van der Waals surface area contributed by atoms with Gasteiger partial charge in [-0.25, -0.2) is 0 Å². The summed E-state index contributed by atoms with van der Waals surface area (Å²) in [6, 6.07) is 0. The number of nitrogens with one attached hydrogen (secondary N) is 1. The highest BCUT2D eigenvalue weighted by Gasteiger charge is 2.12. The van der Waals surface area contributed by atoms with Gasteiger partial charge >= 0.3 is 0 Å². The number of hydrogen-bond donors (Lipinski definition) is 2. The molecule has 1 saturated carbocycles. The summed E-state index contributed by atoms with van der Waals surface area (Å²) in [5, 5.41) is 3.54. The molecule has 0 aromatic carbocycles. The molecule has 0 amide bonds. The lowest BCUT2D eigenvalue weighted by atomic mass is 9.87. The largest absolute Gasteiger partial charge is 0.330 e. The second-order valence-electron chi connectivity index (χ2n) is 5.17. The van der Waals surface area contributed by atoms with Crippen LogP contribution in [0.4, 0.5) is 0 Å². The fourth-order valence-corrected chi connectivity index (χ4v) is 2.37. The Morgan fingerprint density at radius 1 is 1.20 bits per heavy atom. The predicted molar refractivity (Wildman–Crippen MR) is 66.9 cm³/mol. The van der Waals surface area contributed by atoms with Gasteiger partial charge in [-0.1, -0.05) is 39.0 Å². The van der Waals surface area contributed by atoms with Crippen molar-refractivity contribution >= 4 is 0 Å². The van der Waals surface area contributed by atoms with E-state index >= 15 is 0 Å². The van der Waals surface area contributed by atoms with E-state index in [0.29, 0.717) is 5.92 Å². The Hall–Kier alpha value is -0.0800. The van der Waals surface area contributed by atoms with Crippen molar-refractivity contribution < 1.29 is 0 Å². The van der Waals surface area contributed by atoms with Gasteiger partial charge in [0.25, 0.3) is 0 Å². The van der Waals surface area contributed by atoms with Crippen molar-refractivity contribution in [1.82, 2.24) is 5.32 Å². The summed E-state index contributed by atoms with van der Waals surface area (Å²) in [5.74, 6) is 1.69. The Kier molecular flexibility index (Phi) is 7.03. The summed E-state index contributed by atoms with van der Waals surface area (Å²) in [6.07, 6.45) is 9.96. The van der Waals surface area contributed by atoms with Crippen LogP contribution in [-0.2, 0) is 0 Å². The SMILES string of the molecule is CC(CN)CCNCCC1CCCCC1. The summed E-state index contributed by atoms with van der Waals surface area (Å²) < 4.78 is 0. The Balaban J connectivity index is 1.87. The van der Waals surface area contributed by atoms with Gasteiger partial charge in [0.05, 0.1) is 0 Å². The molecule has 0 bridgehead atoms. The molecule has 90 valence electrons. The average molecular weight is 212 g/mol. The fraction of sp³-hybridized carbons (Fsp3) is 1.00. The number of rotatable bonds is 7. The van der Waals surface area contributed by atoms with Crippen LogP contribution < -0.4 is 11.1 Å². The highest BCUT2D eigenvalue weighted by molar-refractivity contribution is 4.67. The van der Waals surface area contributed by atoms with Crippen molar-refractivity contribution in [3.05, 3.63) is 0 Å². The first-order valence-corrected chi connectivity index (χ1v) is 6.73. The van der Waals surface area contributed by atoms with Crippen molar-refractivity contribution in [2.24, 2.45) is 17.6 Å². The van der Waals surface area contributed by atoms with Gasteiger partial charge < -0.3 is 11.1 Å². The van der Waals surface area contributed by atoms with Crippen LogP contribution in [0.5, 0.6) is 0 Å². The average Bonchev–Trinajstić information content (AvgIpc) is 2.29. The molecular weight excluding hydrogens is 184 g/mol. The summed E-state index contributed by atoms with van der Waals surface area (Å²) in [6.45, 7) is 5.40. The molecule has 1 aliphatic carbocycles. The fourth-order valence-electron chi connectivity index (χ4n) is 2.37. The van der Waals surface area contributed by atoms with Crippen LogP contribution >= 0.6 is 0 Å². The molecule has 0 radical (unpaired) electrons. The zero-order valence-electron chi connectivity index (χ0n) is 10.3. The molecule has 15 heavy (non-hydrogen) atoms. The third-order valence-corrected chi connectivity index (χ3v) is 3.67. The Labute approximate surface area is 95.0 Å². The minimum atomic E-state index is 0.673. The molecule has 3 N–H and O–H groups in total. The number of nitrogens with two attached hydrogens (primary N) is 1. The van der Waals surface area contributed by atoms with Gasteiger partial charge in [0.1, 0.15) is 0 Å². The predicted octanol–water partition coefficient (Wildman–Crippen LogP) is 2.53. The topological polar surface area (TPSA) is 38.0 Å². The quantitative estimate of drug-likeness (QED) is 0.636. The van der Waals surface area contributed by atoms with E-state index in [0.717, 1.165) is 19.0 Å². The second-order valence-corrected chi connectivity index (χ2v) is 5.17. The van der Waals surface area contributed by atoms with Gasteiger partial charge in [-0.05, 0) is 44.3 Å². The van der Waals surface area contributed by atoms with E-state index < -0.39 is 0 Å². The van der Waals surface area contributed by atoms with Crippen molar-refractivity contribution in [1.29, 1.82) is 0 Å². The molecule has 1 fully saturated rings. The highest BCUT2D eigenvalue weighted by atomic mass is 14.8. The van der Waals surface area contributed by atoms with Crippen LogP contribution in [0.15, 0.2) is 0 Å². The highest BCUT2D eigenvalue weighted by Crippen LogP contribution is 2.25. The maximum absolute atomic E-state index is 5.58. The monoisotopic (exact) mass is 212 g/mol. The van der Waals surface area contributed by atoms with Crippen molar-refractivity contribution in [2.75, 3.05) is 19.6 Å². The van der Waals surface area contributed by atoms with E-state index in [2.05, 4.69) is 12.2 Å². The molecule has 0 heterocycles. The second kappa shape index (κ2) is 8.12. The molecule has 0 aromatic rings. The molecule has 2 nitrogen and oxygen atoms in total. The first kappa shape index (κ1) is 13.0. The first-order valence-electron chi connectivity index (χ1n) is 6.73. The standard InChI is InChI=1S/C13H28N2/c1-12(11-14)7-9-15-10-8-13-5-3-2-4-6-13/h12-13,15H,2-11,14H2,1H3. The molecule has 0 aromatic heterocycles. The van der Waals surface area contributed by atoms with Gasteiger partial charge in [0, 0.05) is 0 Å². The number of hydrogen-bond acceptors (Lipinski definition) is 2. The summed E-state index contributed by atoms with van der Waals surface area (Å²) in [7, 11) is 0. The van der Waals surface area contributed by atoms with E-state index in [9.17, 15) is 0 Å². The van der Waals surface area contributed by atoms with Crippen molar-refractivity contribution in [2.45, 2.75) is 51.9 Å². The molecular formula is C13H28N2. The third-order valence-electron chi connectivity index (χ3n) is 3.67. The van der Waals surface area contributed by atoms with Crippen molar-refractivity contribution in [3.63, 3.8) is 0 Å². The lowest BCUT2D eigenvalue weighted by Crippen LogP contribution is -2.23. The van der Waals surface area contributed by atoms with E-state index in [1.165, 1.54) is 51.5 Å². The molecule has 0 spiro atoms. The van der Waals surface area contributed by atoms with Gasteiger partial charge in [-0.3, -0.25) is 0 Å².